The van der Waals surface area contributed by atoms with Crippen LogP contribution in [0.3, 0.4) is 0 Å². The molecule has 1 amide bonds. The maximum atomic E-state index is 13.1. The Hall–Kier alpha value is -2.07. The van der Waals surface area contributed by atoms with Crippen LogP contribution < -0.4 is 4.90 Å². The number of anilines is 1. The molecule has 10 heteroatoms. The normalized spacial score (nSPS) is 11.9. The number of nitrogens with zero attached hydrogens (tertiary/aromatic N) is 3. The van der Waals surface area contributed by atoms with Crippen LogP contribution in [0.5, 0.6) is 0 Å². The second-order valence-corrected chi connectivity index (χ2v) is 10.5. The van der Waals surface area contributed by atoms with Crippen molar-refractivity contribution in [2.24, 2.45) is 0 Å². The third kappa shape index (κ3) is 5.34. The lowest BCUT2D eigenvalue weighted by molar-refractivity contribution is -0.118. The van der Waals surface area contributed by atoms with E-state index >= 15 is 0 Å². The molecule has 160 valence electrons. The number of benzene rings is 2. The van der Waals surface area contributed by atoms with Gasteiger partial charge >= 0.3 is 0 Å². The molecule has 0 saturated heterocycles. The highest BCUT2D eigenvalue weighted by Gasteiger charge is 2.23. The lowest BCUT2D eigenvalue weighted by Gasteiger charge is -2.22. The lowest BCUT2D eigenvalue weighted by atomic mass is 10.3. The van der Waals surface area contributed by atoms with Crippen LogP contribution in [0.1, 0.15) is 6.42 Å². The van der Waals surface area contributed by atoms with Crippen molar-refractivity contribution in [2.45, 2.75) is 11.3 Å². The number of hydrogen-bond donors (Lipinski definition) is 0. The summed E-state index contributed by atoms with van der Waals surface area (Å²) in [6, 6.07) is 9.99. The van der Waals surface area contributed by atoms with E-state index in [1.807, 2.05) is 31.1 Å². The number of likely N-dealkylation sites (N-methyl/N-ethyl adjacent to an activating group) is 1. The highest BCUT2D eigenvalue weighted by atomic mass is 35.5. The van der Waals surface area contributed by atoms with Gasteiger partial charge < -0.3 is 4.90 Å². The SMILES string of the molecule is CN(C)CCN(C(=O)CCS(=O)(=O)c1ccc(F)cc1)c1nc2c(Cl)cccc2s1. The quantitative estimate of drug-likeness (QED) is 0.469. The summed E-state index contributed by atoms with van der Waals surface area (Å²) in [5.41, 5.74) is 0.612. The van der Waals surface area contributed by atoms with Crippen LogP contribution in [-0.4, -0.2) is 57.1 Å². The van der Waals surface area contributed by atoms with E-state index < -0.39 is 15.7 Å². The van der Waals surface area contributed by atoms with E-state index in [0.717, 1.165) is 16.8 Å². The van der Waals surface area contributed by atoms with Crippen LogP contribution in [0, 0.1) is 5.82 Å². The van der Waals surface area contributed by atoms with Gasteiger partial charge in [-0.25, -0.2) is 17.8 Å². The molecule has 0 fully saturated rings. The zero-order chi connectivity index (χ0) is 21.9. The molecule has 6 nitrogen and oxygen atoms in total. The van der Waals surface area contributed by atoms with Gasteiger partial charge in [-0.1, -0.05) is 29.0 Å². The second-order valence-electron chi connectivity index (χ2n) is 6.95. The van der Waals surface area contributed by atoms with Gasteiger partial charge in [-0.05, 0) is 50.5 Å². The summed E-state index contributed by atoms with van der Waals surface area (Å²) in [5.74, 6) is -1.24. The fraction of sp³-hybridized carbons (Fsp3) is 0.300. The number of aromatic nitrogens is 1. The molecule has 0 N–H and O–H groups in total. The molecule has 2 aromatic carbocycles. The smallest absolute Gasteiger partial charge is 0.229 e. The molecule has 30 heavy (non-hydrogen) atoms. The van der Waals surface area contributed by atoms with E-state index in [1.54, 1.807) is 6.07 Å². The molecule has 0 aliphatic rings. The zero-order valence-corrected chi connectivity index (χ0v) is 18.9. The Balaban J connectivity index is 1.81. The first-order valence-electron chi connectivity index (χ1n) is 9.16. The fourth-order valence-corrected chi connectivity index (χ4v) is 5.30. The zero-order valence-electron chi connectivity index (χ0n) is 16.5. The number of hydrogen-bond acceptors (Lipinski definition) is 6. The molecule has 0 spiro atoms. The number of fused-ring (bicyclic) bond motifs is 1. The number of carbonyl (C=O) groups excluding carboxylic acids is 1. The van der Waals surface area contributed by atoms with E-state index in [0.29, 0.717) is 28.8 Å². The third-order valence-corrected chi connectivity index (χ3v) is 7.50. The van der Waals surface area contributed by atoms with Crippen molar-refractivity contribution < 1.29 is 17.6 Å². The molecule has 0 saturated carbocycles. The molecular formula is C20H21ClFN3O3S2. The van der Waals surface area contributed by atoms with E-state index in [1.165, 1.54) is 28.4 Å². The van der Waals surface area contributed by atoms with E-state index in [9.17, 15) is 17.6 Å². The van der Waals surface area contributed by atoms with Gasteiger partial charge in [0.1, 0.15) is 11.3 Å². The van der Waals surface area contributed by atoms with E-state index in [-0.39, 0.29) is 23.0 Å². The second kappa shape index (κ2) is 9.38. The van der Waals surface area contributed by atoms with Gasteiger partial charge in [0.2, 0.25) is 5.91 Å². The number of halogens is 2. The van der Waals surface area contributed by atoms with Crippen molar-refractivity contribution in [1.82, 2.24) is 9.88 Å². The monoisotopic (exact) mass is 469 g/mol. The highest BCUT2D eigenvalue weighted by molar-refractivity contribution is 7.91. The van der Waals surface area contributed by atoms with Crippen LogP contribution in [0.4, 0.5) is 9.52 Å². The van der Waals surface area contributed by atoms with Crippen LogP contribution in [-0.2, 0) is 14.6 Å². The topological polar surface area (TPSA) is 70.6 Å². The molecule has 1 heterocycles. The Morgan fingerprint density at radius 2 is 1.83 bits per heavy atom. The minimum absolute atomic E-state index is 0.0108. The molecular weight excluding hydrogens is 449 g/mol. The maximum Gasteiger partial charge on any atom is 0.229 e. The summed E-state index contributed by atoms with van der Waals surface area (Å²) in [5, 5.41) is 0.970. The van der Waals surface area contributed by atoms with Gasteiger partial charge in [0.05, 0.1) is 20.4 Å². The van der Waals surface area contributed by atoms with Gasteiger partial charge in [-0.3, -0.25) is 9.69 Å². The summed E-state index contributed by atoms with van der Waals surface area (Å²) in [4.78, 5) is 20.9. The van der Waals surface area contributed by atoms with Gasteiger partial charge in [0, 0.05) is 19.5 Å². The highest BCUT2D eigenvalue weighted by Crippen LogP contribution is 2.33. The van der Waals surface area contributed by atoms with Gasteiger partial charge in [-0.15, -0.1) is 0 Å². The molecule has 0 bridgehead atoms. The van der Waals surface area contributed by atoms with Gasteiger partial charge in [-0.2, -0.15) is 0 Å². The fourth-order valence-electron chi connectivity index (χ4n) is 2.76. The van der Waals surface area contributed by atoms with Crippen molar-refractivity contribution in [2.75, 3.05) is 37.8 Å². The number of carbonyl (C=O) groups is 1. The van der Waals surface area contributed by atoms with Crippen LogP contribution in [0.25, 0.3) is 10.2 Å². The van der Waals surface area contributed by atoms with Crippen LogP contribution in [0.15, 0.2) is 47.4 Å². The summed E-state index contributed by atoms with van der Waals surface area (Å²) < 4.78 is 39.0. The Morgan fingerprint density at radius 3 is 2.47 bits per heavy atom. The van der Waals surface area contributed by atoms with Crippen molar-refractivity contribution in [3.05, 3.63) is 53.3 Å². The average molecular weight is 470 g/mol. The van der Waals surface area contributed by atoms with E-state index in [2.05, 4.69) is 4.98 Å². The minimum atomic E-state index is -3.71. The van der Waals surface area contributed by atoms with Crippen molar-refractivity contribution in [3.63, 3.8) is 0 Å². The Labute approximate surface area is 183 Å². The Morgan fingerprint density at radius 1 is 1.13 bits per heavy atom. The molecule has 1 aromatic heterocycles. The molecule has 0 radical (unpaired) electrons. The van der Waals surface area contributed by atoms with Crippen LogP contribution >= 0.6 is 22.9 Å². The molecule has 0 aliphatic heterocycles. The first kappa shape index (κ1) is 22.6. The maximum absolute atomic E-state index is 13.1. The third-order valence-electron chi connectivity index (χ3n) is 4.42. The average Bonchev–Trinajstić information content (AvgIpc) is 3.12. The molecule has 3 rings (SSSR count). The van der Waals surface area contributed by atoms with Gasteiger partial charge in [0.25, 0.3) is 0 Å². The first-order valence-corrected chi connectivity index (χ1v) is 12.0. The summed E-state index contributed by atoms with van der Waals surface area (Å²) in [7, 11) is 0.0584. The number of amides is 1. The Kier molecular flexibility index (Phi) is 7.07. The predicted molar refractivity (Wildman–Crippen MR) is 119 cm³/mol. The molecule has 0 unspecified atom stereocenters. The number of sulfone groups is 1. The number of rotatable bonds is 8. The predicted octanol–water partition coefficient (Wildman–Crippen LogP) is 3.85. The van der Waals surface area contributed by atoms with Crippen molar-refractivity contribution in [3.8, 4) is 0 Å². The van der Waals surface area contributed by atoms with Crippen LogP contribution in [0.2, 0.25) is 5.02 Å². The van der Waals surface area contributed by atoms with Crippen molar-refractivity contribution >= 4 is 54.0 Å². The summed E-state index contributed by atoms with van der Waals surface area (Å²) >= 11 is 7.54. The van der Waals surface area contributed by atoms with Gasteiger partial charge in [0.15, 0.2) is 15.0 Å². The van der Waals surface area contributed by atoms with Crippen molar-refractivity contribution in [1.29, 1.82) is 0 Å². The first-order chi connectivity index (χ1) is 14.2. The molecule has 0 aliphatic carbocycles. The number of thiazole rings is 1. The summed E-state index contributed by atoms with van der Waals surface area (Å²) in [6.07, 6.45) is -0.212. The minimum Gasteiger partial charge on any atom is -0.308 e. The largest absolute Gasteiger partial charge is 0.308 e. The standard InChI is InChI=1S/C20H21ClFN3O3S2/c1-24(2)11-12-25(20-23-19-16(21)4-3-5-17(19)29-20)18(26)10-13-30(27,28)15-8-6-14(22)7-9-15/h3-9H,10-13H2,1-2H3. The molecule has 3 aromatic rings. The molecule has 0 atom stereocenters. The Bertz CT molecular complexity index is 1150. The van der Waals surface area contributed by atoms with E-state index in [4.69, 9.17) is 11.6 Å². The number of para-hydroxylation sites is 1. The summed E-state index contributed by atoms with van der Waals surface area (Å²) in [6.45, 7) is 0.944. The lowest BCUT2D eigenvalue weighted by Crippen LogP contribution is -2.37.